The molecular weight excluding hydrogens is 440 g/mol. The van der Waals surface area contributed by atoms with Crippen molar-refractivity contribution in [1.82, 2.24) is 0 Å². The first-order valence-electron chi connectivity index (χ1n) is 14.5. The van der Waals surface area contributed by atoms with Gasteiger partial charge >= 0.3 is 0 Å². The summed E-state index contributed by atoms with van der Waals surface area (Å²) in [7, 11) is 0. The van der Waals surface area contributed by atoms with Crippen LogP contribution in [-0.2, 0) is 0 Å². The Morgan fingerprint density at radius 2 is 0.889 bits per heavy atom. The van der Waals surface area contributed by atoms with Crippen LogP contribution in [0.3, 0.4) is 0 Å². The highest BCUT2D eigenvalue weighted by molar-refractivity contribution is 6.50. The third-order valence-corrected chi connectivity index (χ3v) is 9.11. The second-order valence-electron chi connectivity index (χ2n) is 11.7. The molecule has 2 aromatic carbocycles. The lowest BCUT2D eigenvalue weighted by molar-refractivity contribution is 0.315. The number of hydrogen-bond acceptors (Lipinski definition) is 4. The molecule has 36 heavy (non-hydrogen) atoms. The van der Waals surface area contributed by atoms with Crippen molar-refractivity contribution >= 4 is 23.0 Å². The van der Waals surface area contributed by atoms with Crippen LogP contribution in [0.4, 0.5) is 11.4 Å². The number of hydrogen-bond donors (Lipinski definition) is 0. The zero-order valence-corrected chi connectivity index (χ0v) is 22.2. The van der Waals surface area contributed by atoms with Crippen LogP contribution < -0.4 is 9.80 Å². The zero-order valence-electron chi connectivity index (χ0n) is 22.2. The number of rotatable bonds is 5. The van der Waals surface area contributed by atoms with Crippen molar-refractivity contribution in [1.29, 1.82) is 0 Å². The molecule has 2 aliphatic heterocycles. The van der Waals surface area contributed by atoms with Crippen molar-refractivity contribution < 1.29 is 0 Å². The monoisotopic (exact) mass is 482 g/mol. The van der Waals surface area contributed by atoms with E-state index in [4.69, 9.17) is 9.98 Å². The molecule has 190 valence electrons. The van der Waals surface area contributed by atoms with Crippen LogP contribution in [-0.4, -0.2) is 36.8 Å². The fraction of sp³-hybridized carbons (Fsp3) is 0.562. The third kappa shape index (κ3) is 4.84. The Kier molecular flexibility index (Phi) is 6.86. The first kappa shape index (κ1) is 23.8. The predicted octanol–water partition coefficient (Wildman–Crippen LogP) is 7.34. The first-order valence-corrected chi connectivity index (χ1v) is 14.5. The molecule has 0 saturated heterocycles. The van der Waals surface area contributed by atoms with Crippen molar-refractivity contribution in [3.05, 3.63) is 59.7 Å². The van der Waals surface area contributed by atoms with Crippen molar-refractivity contribution in [3.8, 4) is 0 Å². The molecule has 2 fully saturated rings. The summed E-state index contributed by atoms with van der Waals surface area (Å²) in [6.07, 6.45) is 13.5. The number of aryl methyl sites for hydroxylation is 2. The Labute approximate surface area is 217 Å². The van der Waals surface area contributed by atoms with Gasteiger partial charge in [-0.05, 0) is 75.6 Å². The lowest BCUT2D eigenvalue weighted by Crippen LogP contribution is -2.42. The van der Waals surface area contributed by atoms with Gasteiger partial charge in [-0.3, -0.25) is 9.98 Å². The number of aliphatic imine (C=N–C) groups is 2. The molecule has 2 aliphatic carbocycles. The van der Waals surface area contributed by atoms with Crippen molar-refractivity contribution in [3.63, 3.8) is 0 Å². The molecule has 0 amide bonds. The van der Waals surface area contributed by atoms with Crippen LogP contribution >= 0.6 is 0 Å². The number of benzene rings is 2. The van der Waals surface area contributed by atoms with Crippen molar-refractivity contribution in [2.75, 3.05) is 22.9 Å². The van der Waals surface area contributed by atoms with Crippen LogP contribution in [0.1, 0.15) is 75.3 Å². The van der Waals surface area contributed by atoms with Crippen LogP contribution in [0.5, 0.6) is 0 Å². The Hall–Kier alpha value is -2.62. The number of amidine groups is 2. The summed E-state index contributed by atoms with van der Waals surface area (Å²) in [6.45, 7) is 6.31. The summed E-state index contributed by atoms with van der Waals surface area (Å²) in [5.74, 6) is 3.61. The maximum absolute atomic E-state index is 5.52. The minimum absolute atomic E-state index is 0.373. The Bertz CT molecular complexity index is 998. The maximum Gasteiger partial charge on any atom is 0.172 e. The fourth-order valence-corrected chi connectivity index (χ4v) is 6.89. The van der Waals surface area contributed by atoms with Gasteiger partial charge in [0.15, 0.2) is 11.7 Å². The van der Waals surface area contributed by atoms with E-state index in [0.717, 1.165) is 24.8 Å². The average molecular weight is 483 g/mol. The van der Waals surface area contributed by atoms with Gasteiger partial charge in [0.05, 0.1) is 12.1 Å². The van der Waals surface area contributed by atoms with Gasteiger partial charge in [-0.15, -0.1) is 0 Å². The lowest BCUT2D eigenvalue weighted by Gasteiger charge is -2.28. The summed E-state index contributed by atoms with van der Waals surface area (Å²) in [4.78, 5) is 16.0. The molecular formula is C32H42N4. The maximum atomic E-state index is 5.52. The number of anilines is 2. The topological polar surface area (TPSA) is 31.2 Å². The number of nitrogens with zero attached hydrogens (tertiary/aromatic N) is 4. The molecule has 2 heterocycles. The minimum atomic E-state index is 0.373. The highest BCUT2D eigenvalue weighted by Crippen LogP contribution is 2.36. The molecule has 0 aromatic heterocycles. The van der Waals surface area contributed by atoms with Crippen LogP contribution in [0, 0.1) is 25.7 Å². The molecule has 0 spiro atoms. The highest BCUT2D eigenvalue weighted by atomic mass is 15.4. The van der Waals surface area contributed by atoms with Gasteiger partial charge in [-0.1, -0.05) is 73.9 Å². The van der Waals surface area contributed by atoms with Gasteiger partial charge in [0.1, 0.15) is 0 Å². The molecule has 0 bridgehead atoms. The van der Waals surface area contributed by atoms with Gasteiger partial charge in [0, 0.05) is 24.5 Å². The second-order valence-corrected chi connectivity index (χ2v) is 11.7. The molecule has 0 radical (unpaired) electrons. The molecule has 2 saturated carbocycles. The molecule has 4 nitrogen and oxygen atoms in total. The standard InChI is InChI=1S/C32H42N4/c1-23-13-17-27(18-14-23)35-21-29(25-9-5-3-6-10-25)33-31(35)32-34-30(26-11-7-4-8-12-26)22-36(32)28-19-15-24(2)16-20-28/h13-20,25-26,29-30H,3-12,21-22H2,1-2H3. The van der Waals surface area contributed by atoms with Crippen LogP contribution in [0.25, 0.3) is 0 Å². The molecule has 2 aromatic rings. The van der Waals surface area contributed by atoms with E-state index in [-0.39, 0.29) is 0 Å². The van der Waals surface area contributed by atoms with Crippen molar-refractivity contribution in [2.45, 2.75) is 90.1 Å². The third-order valence-electron chi connectivity index (χ3n) is 9.11. The fourth-order valence-electron chi connectivity index (χ4n) is 6.89. The summed E-state index contributed by atoms with van der Waals surface area (Å²) >= 11 is 0. The van der Waals surface area contributed by atoms with E-state index >= 15 is 0 Å². The average Bonchev–Trinajstić information content (AvgIpc) is 3.56. The second kappa shape index (κ2) is 10.4. The molecule has 4 heteroatoms. The van der Waals surface area contributed by atoms with E-state index in [0.29, 0.717) is 23.9 Å². The lowest BCUT2D eigenvalue weighted by atomic mass is 9.84. The van der Waals surface area contributed by atoms with Gasteiger partial charge in [0.2, 0.25) is 0 Å². The Morgan fingerprint density at radius 1 is 0.528 bits per heavy atom. The first-order chi connectivity index (χ1) is 17.7. The van der Waals surface area contributed by atoms with Crippen molar-refractivity contribution in [2.24, 2.45) is 21.8 Å². The summed E-state index contributed by atoms with van der Waals surface area (Å²) in [6, 6.07) is 18.8. The quantitative estimate of drug-likeness (QED) is 0.446. The van der Waals surface area contributed by atoms with Crippen LogP contribution in [0.15, 0.2) is 58.5 Å². The van der Waals surface area contributed by atoms with E-state index in [2.05, 4.69) is 72.2 Å². The molecule has 2 atom stereocenters. The molecule has 6 rings (SSSR count). The van der Waals surface area contributed by atoms with E-state index in [1.54, 1.807) is 0 Å². The van der Waals surface area contributed by atoms with Gasteiger partial charge < -0.3 is 9.80 Å². The van der Waals surface area contributed by atoms with Crippen LogP contribution in [0.2, 0.25) is 0 Å². The Morgan fingerprint density at radius 3 is 1.25 bits per heavy atom. The smallest absolute Gasteiger partial charge is 0.172 e. The molecule has 0 N–H and O–H groups in total. The van der Waals surface area contributed by atoms with Gasteiger partial charge in [-0.2, -0.15) is 0 Å². The minimum Gasteiger partial charge on any atom is -0.321 e. The molecule has 4 aliphatic rings. The molecule has 2 unspecified atom stereocenters. The SMILES string of the molecule is Cc1ccc(N2CC(C3CCCCC3)N=C2C2=NC(C3CCCCC3)CN2c2ccc(C)cc2)cc1. The highest BCUT2D eigenvalue weighted by Gasteiger charge is 2.40. The summed E-state index contributed by atoms with van der Waals surface area (Å²) in [5, 5.41) is 0. The normalized spacial score (nSPS) is 25.8. The van der Waals surface area contributed by atoms with E-state index < -0.39 is 0 Å². The Balaban J connectivity index is 1.39. The van der Waals surface area contributed by atoms with E-state index in [9.17, 15) is 0 Å². The zero-order chi connectivity index (χ0) is 24.5. The predicted molar refractivity (Wildman–Crippen MR) is 153 cm³/mol. The largest absolute Gasteiger partial charge is 0.321 e. The summed E-state index contributed by atoms with van der Waals surface area (Å²) in [5.41, 5.74) is 5.12. The van der Waals surface area contributed by atoms with Gasteiger partial charge in [-0.25, -0.2) is 0 Å². The van der Waals surface area contributed by atoms with E-state index in [1.165, 1.54) is 86.7 Å². The van der Waals surface area contributed by atoms with Gasteiger partial charge in [0.25, 0.3) is 0 Å². The van der Waals surface area contributed by atoms with E-state index in [1.807, 2.05) is 0 Å². The summed E-state index contributed by atoms with van der Waals surface area (Å²) < 4.78 is 0.